The number of fused-ring (bicyclic) bond motifs is 1. The molecule has 1 unspecified atom stereocenters. The maximum Gasteiger partial charge on any atom is 0.327 e. The van der Waals surface area contributed by atoms with Gasteiger partial charge in [-0.05, 0) is 44.7 Å². The third-order valence-corrected chi connectivity index (χ3v) is 4.52. The summed E-state index contributed by atoms with van der Waals surface area (Å²) in [4.78, 5) is 39.4. The van der Waals surface area contributed by atoms with Crippen LogP contribution in [0.4, 0.5) is 10.5 Å². The van der Waals surface area contributed by atoms with E-state index in [4.69, 9.17) is 0 Å². The van der Waals surface area contributed by atoms with E-state index in [2.05, 4.69) is 5.32 Å². The largest absolute Gasteiger partial charge is 0.327 e. The van der Waals surface area contributed by atoms with Gasteiger partial charge in [-0.3, -0.25) is 14.5 Å². The van der Waals surface area contributed by atoms with Crippen molar-refractivity contribution >= 4 is 23.5 Å². The Bertz CT molecular complexity index is 653. The predicted octanol–water partition coefficient (Wildman–Crippen LogP) is 1.98. The Labute approximate surface area is 135 Å². The first-order valence-electron chi connectivity index (χ1n) is 7.88. The molecule has 1 atom stereocenters. The highest BCUT2D eigenvalue weighted by atomic mass is 16.2. The van der Waals surface area contributed by atoms with Gasteiger partial charge in [0.15, 0.2) is 0 Å². The van der Waals surface area contributed by atoms with Crippen LogP contribution in [-0.4, -0.2) is 46.8 Å². The third kappa shape index (κ3) is 2.69. The topological polar surface area (TPSA) is 69.7 Å². The van der Waals surface area contributed by atoms with E-state index >= 15 is 0 Å². The van der Waals surface area contributed by atoms with E-state index in [9.17, 15) is 14.4 Å². The summed E-state index contributed by atoms with van der Waals surface area (Å²) in [5.74, 6) is -0.595. The first kappa shape index (κ1) is 15.5. The molecule has 6 heteroatoms. The molecule has 0 spiro atoms. The van der Waals surface area contributed by atoms with E-state index in [0.29, 0.717) is 13.0 Å². The number of urea groups is 1. The van der Waals surface area contributed by atoms with Gasteiger partial charge in [-0.25, -0.2) is 4.79 Å². The van der Waals surface area contributed by atoms with Crippen LogP contribution in [-0.2, 0) is 9.59 Å². The molecule has 0 aromatic heterocycles. The van der Waals surface area contributed by atoms with Crippen LogP contribution in [0.25, 0.3) is 0 Å². The maximum absolute atomic E-state index is 12.3. The molecular formula is C17H21N3O3. The van der Waals surface area contributed by atoms with E-state index in [0.717, 1.165) is 33.7 Å². The molecule has 2 saturated heterocycles. The normalized spacial score (nSPS) is 20.2. The molecule has 3 rings (SSSR count). The highest BCUT2D eigenvalue weighted by molar-refractivity contribution is 6.08. The average molecular weight is 315 g/mol. The standard InChI is InChI=1S/C17H21N3O3/c1-10-7-11(2)15(12(3)8-10)18-14(21)9-20-16(22)13-5-4-6-19(13)17(20)23/h7-8,13H,4-6,9H2,1-3H3,(H,18,21). The predicted molar refractivity (Wildman–Crippen MR) is 86.1 cm³/mol. The summed E-state index contributed by atoms with van der Waals surface area (Å²) in [6, 6.07) is 3.28. The molecule has 0 aliphatic carbocycles. The van der Waals surface area contributed by atoms with E-state index in [1.807, 2.05) is 32.9 Å². The van der Waals surface area contributed by atoms with Crippen LogP contribution in [0.2, 0.25) is 0 Å². The second-order valence-electron chi connectivity index (χ2n) is 6.38. The van der Waals surface area contributed by atoms with Gasteiger partial charge in [0.25, 0.3) is 5.91 Å². The lowest BCUT2D eigenvalue weighted by molar-refractivity contribution is -0.131. The summed E-state index contributed by atoms with van der Waals surface area (Å²) in [7, 11) is 0. The van der Waals surface area contributed by atoms with Gasteiger partial charge in [0.05, 0.1) is 0 Å². The van der Waals surface area contributed by atoms with Gasteiger partial charge >= 0.3 is 6.03 Å². The van der Waals surface area contributed by atoms with Crippen molar-refractivity contribution in [2.45, 2.75) is 39.7 Å². The number of nitrogens with one attached hydrogen (secondary N) is 1. The molecule has 2 heterocycles. The molecule has 23 heavy (non-hydrogen) atoms. The Hall–Kier alpha value is -2.37. The first-order chi connectivity index (χ1) is 10.9. The quantitative estimate of drug-likeness (QED) is 0.867. The van der Waals surface area contributed by atoms with Gasteiger partial charge in [-0.2, -0.15) is 0 Å². The highest BCUT2D eigenvalue weighted by Gasteiger charge is 2.47. The van der Waals surface area contributed by atoms with Crippen molar-refractivity contribution in [2.24, 2.45) is 0 Å². The number of benzene rings is 1. The first-order valence-corrected chi connectivity index (χ1v) is 7.88. The molecule has 2 fully saturated rings. The molecule has 6 nitrogen and oxygen atoms in total. The number of carbonyl (C=O) groups is 3. The molecule has 4 amide bonds. The van der Waals surface area contributed by atoms with E-state index < -0.39 is 0 Å². The van der Waals surface area contributed by atoms with Crippen LogP contribution in [0.5, 0.6) is 0 Å². The van der Waals surface area contributed by atoms with Gasteiger partial charge in [0.1, 0.15) is 12.6 Å². The average Bonchev–Trinajstić information content (AvgIpc) is 3.03. The number of imide groups is 1. The summed E-state index contributed by atoms with van der Waals surface area (Å²) < 4.78 is 0. The van der Waals surface area contributed by atoms with Crippen LogP contribution < -0.4 is 5.32 Å². The van der Waals surface area contributed by atoms with Crippen LogP contribution in [0, 0.1) is 20.8 Å². The maximum atomic E-state index is 12.3. The number of amides is 4. The highest BCUT2D eigenvalue weighted by Crippen LogP contribution is 2.27. The summed E-state index contributed by atoms with van der Waals surface area (Å²) in [6.45, 7) is 6.23. The zero-order valence-electron chi connectivity index (χ0n) is 13.7. The summed E-state index contributed by atoms with van der Waals surface area (Å²) in [6.07, 6.45) is 1.54. The smallest absolute Gasteiger partial charge is 0.324 e. The van der Waals surface area contributed by atoms with Gasteiger partial charge in [-0.1, -0.05) is 17.7 Å². The number of carbonyl (C=O) groups excluding carboxylic acids is 3. The van der Waals surface area contributed by atoms with Crippen LogP contribution >= 0.6 is 0 Å². The SMILES string of the molecule is Cc1cc(C)c(NC(=O)CN2C(=O)C3CCCN3C2=O)c(C)c1. The Morgan fingerprint density at radius 1 is 1.22 bits per heavy atom. The molecular weight excluding hydrogens is 294 g/mol. The molecule has 122 valence electrons. The molecule has 0 radical (unpaired) electrons. The molecule has 2 aliphatic heterocycles. The second kappa shape index (κ2) is 5.68. The third-order valence-electron chi connectivity index (χ3n) is 4.52. The van der Waals surface area contributed by atoms with Crippen LogP contribution in [0.3, 0.4) is 0 Å². The van der Waals surface area contributed by atoms with E-state index in [1.54, 1.807) is 4.90 Å². The Kier molecular flexibility index (Phi) is 3.83. The van der Waals surface area contributed by atoms with E-state index in [-0.39, 0.29) is 30.4 Å². The lowest BCUT2D eigenvalue weighted by Crippen LogP contribution is -2.39. The minimum absolute atomic E-state index is 0.225. The fourth-order valence-corrected chi connectivity index (χ4v) is 3.53. The van der Waals surface area contributed by atoms with Gasteiger partial charge < -0.3 is 10.2 Å². The van der Waals surface area contributed by atoms with Crippen molar-refractivity contribution in [3.05, 3.63) is 28.8 Å². The molecule has 1 aromatic carbocycles. The minimum Gasteiger partial charge on any atom is -0.324 e. The Morgan fingerprint density at radius 2 is 1.87 bits per heavy atom. The molecule has 0 bridgehead atoms. The second-order valence-corrected chi connectivity index (χ2v) is 6.38. The van der Waals surface area contributed by atoms with Gasteiger partial charge in [-0.15, -0.1) is 0 Å². The Morgan fingerprint density at radius 3 is 2.48 bits per heavy atom. The van der Waals surface area contributed by atoms with Crippen molar-refractivity contribution in [3.8, 4) is 0 Å². The fourth-order valence-electron chi connectivity index (χ4n) is 3.53. The fraction of sp³-hybridized carbons (Fsp3) is 0.471. The van der Waals surface area contributed by atoms with Crippen molar-refractivity contribution in [3.63, 3.8) is 0 Å². The van der Waals surface area contributed by atoms with Gasteiger partial charge in [0.2, 0.25) is 5.91 Å². The molecule has 0 saturated carbocycles. The van der Waals surface area contributed by atoms with Crippen LogP contribution in [0.1, 0.15) is 29.5 Å². The molecule has 1 aromatic rings. The summed E-state index contributed by atoms with van der Waals surface area (Å²) in [5.41, 5.74) is 3.81. The number of nitrogens with zero attached hydrogens (tertiary/aromatic N) is 2. The number of anilines is 1. The molecule has 2 aliphatic rings. The zero-order chi connectivity index (χ0) is 16.7. The lowest BCUT2D eigenvalue weighted by atomic mass is 10.1. The number of aryl methyl sites for hydroxylation is 3. The van der Waals surface area contributed by atoms with E-state index in [1.165, 1.54) is 0 Å². The Balaban J connectivity index is 1.71. The van der Waals surface area contributed by atoms with Crippen molar-refractivity contribution in [1.29, 1.82) is 0 Å². The number of hydrogen-bond donors (Lipinski definition) is 1. The van der Waals surface area contributed by atoms with Crippen molar-refractivity contribution in [1.82, 2.24) is 9.80 Å². The minimum atomic E-state index is -0.363. The lowest BCUT2D eigenvalue weighted by Gasteiger charge is -2.17. The number of rotatable bonds is 3. The number of hydrogen-bond acceptors (Lipinski definition) is 3. The van der Waals surface area contributed by atoms with Crippen molar-refractivity contribution in [2.75, 3.05) is 18.4 Å². The van der Waals surface area contributed by atoms with Crippen molar-refractivity contribution < 1.29 is 14.4 Å². The monoisotopic (exact) mass is 315 g/mol. The molecule has 1 N–H and O–H groups in total. The zero-order valence-corrected chi connectivity index (χ0v) is 13.7. The van der Waals surface area contributed by atoms with Crippen LogP contribution in [0.15, 0.2) is 12.1 Å². The summed E-state index contributed by atoms with van der Waals surface area (Å²) in [5, 5.41) is 2.84. The summed E-state index contributed by atoms with van der Waals surface area (Å²) >= 11 is 0. The van der Waals surface area contributed by atoms with Gasteiger partial charge in [0, 0.05) is 12.2 Å².